The van der Waals surface area contributed by atoms with Gasteiger partial charge in [0.25, 0.3) is 5.91 Å². The highest BCUT2D eigenvalue weighted by molar-refractivity contribution is 7.86. The summed E-state index contributed by atoms with van der Waals surface area (Å²) in [6, 6.07) is 7.94. The zero-order valence-electron chi connectivity index (χ0n) is 14.5. The Hall–Kier alpha value is -1.40. The van der Waals surface area contributed by atoms with Crippen molar-refractivity contribution in [3.05, 3.63) is 29.8 Å². The fraction of sp³-hybridized carbons (Fsp3) is 0.611. The first-order valence-corrected chi connectivity index (χ1v) is 10.2. The lowest BCUT2D eigenvalue weighted by Gasteiger charge is -2.38. The molecule has 0 aromatic heterocycles. The van der Waals surface area contributed by atoms with Gasteiger partial charge < -0.3 is 9.62 Å². The summed E-state index contributed by atoms with van der Waals surface area (Å²) >= 11 is 0. The largest absolute Gasteiger partial charge is 0.336 e. The van der Waals surface area contributed by atoms with Crippen LogP contribution in [-0.4, -0.2) is 57.9 Å². The predicted molar refractivity (Wildman–Crippen MR) is 98.4 cm³/mol. The Labute approximate surface area is 147 Å². The second-order valence-electron chi connectivity index (χ2n) is 6.72. The lowest BCUT2D eigenvalue weighted by atomic mass is 10.1. The second-order valence-corrected chi connectivity index (χ2v) is 8.19. The summed E-state index contributed by atoms with van der Waals surface area (Å²) in [5.41, 5.74) is 1.49. The monoisotopic (exact) mass is 349 g/mol. The van der Waals surface area contributed by atoms with Gasteiger partial charge in [-0.2, -0.15) is 0 Å². The second kappa shape index (κ2) is 7.66. The van der Waals surface area contributed by atoms with Gasteiger partial charge in [-0.25, -0.2) is 4.21 Å². The molecule has 1 saturated heterocycles. The normalized spacial score (nSPS) is 21.3. The van der Waals surface area contributed by atoms with Crippen LogP contribution < -0.4 is 4.72 Å². The Bertz CT molecular complexity index is 593. The Kier molecular flexibility index (Phi) is 5.56. The number of nitrogens with one attached hydrogen (secondary N) is 1. The van der Waals surface area contributed by atoms with Crippen LogP contribution in [0.4, 0.5) is 5.69 Å². The molecule has 2 aliphatic rings. The maximum Gasteiger partial charge on any atom is 0.253 e. The number of benzene rings is 1. The van der Waals surface area contributed by atoms with Crippen molar-refractivity contribution in [3.8, 4) is 0 Å². The molecule has 1 aromatic carbocycles. The summed E-state index contributed by atoms with van der Waals surface area (Å²) < 4.78 is 14.4. The van der Waals surface area contributed by atoms with Gasteiger partial charge in [-0.3, -0.25) is 9.69 Å². The number of nitrogens with zero attached hydrogens (tertiary/aromatic N) is 2. The van der Waals surface area contributed by atoms with Crippen molar-refractivity contribution in [1.82, 2.24) is 9.80 Å². The van der Waals surface area contributed by atoms with E-state index in [1.165, 1.54) is 12.8 Å². The van der Waals surface area contributed by atoms with Crippen LogP contribution in [0.2, 0.25) is 0 Å². The number of amides is 1. The van der Waals surface area contributed by atoms with Crippen LogP contribution in [0, 0.1) is 5.92 Å². The molecule has 1 N–H and O–H groups in total. The average Bonchev–Trinajstić information content (AvgIpc) is 3.46. The minimum absolute atomic E-state index is 0.0943. The number of carbonyl (C=O) groups excluding carboxylic acids is 1. The zero-order chi connectivity index (χ0) is 17.1. The molecule has 5 nitrogen and oxygen atoms in total. The van der Waals surface area contributed by atoms with E-state index < -0.39 is 11.0 Å². The quantitative estimate of drug-likeness (QED) is 0.858. The lowest BCUT2D eigenvalue weighted by Crippen LogP contribution is -2.51. The van der Waals surface area contributed by atoms with Crippen molar-refractivity contribution < 1.29 is 9.00 Å². The number of rotatable bonds is 6. The van der Waals surface area contributed by atoms with Crippen LogP contribution in [-0.2, 0) is 11.0 Å². The summed E-state index contributed by atoms with van der Waals surface area (Å²) in [5.74, 6) is 1.53. The third-order valence-corrected chi connectivity index (χ3v) is 6.10. The first kappa shape index (κ1) is 17.4. The Morgan fingerprint density at radius 3 is 2.38 bits per heavy atom. The molecular weight excluding hydrogens is 322 g/mol. The van der Waals surface area contributed by atoms with Crippen molar-refractivity contribution in [3.63, 3.8) is 0 Å². The van der Waals surface area contributed by atoms with E-state index in [4.69, 9.17) is 0 Å². The van der Waals surface area contributed by atoms with E-state index in [9.17, 15) is 9.00 Å². The van der Waals surface area contributed by atoms with Crippen LogP contribution in [0.5, 0.6) is 0 Å². The third-order valence-electron chi connectivity index (χ3n) is 5.11. The first-order valence-electron chi connectivity index (χ1n) is 8.87. The molecule has 2 atom stereocenters. The van der Waals surface area contributed by atoms with Gasteiger partial charge in [-0.1, -0.05) is 6.92 Å². The summed E-state index contributed by atoms with van der Waals surface area (Å²) in [6.07, 6.45) is 2.73. The highest BCUT2D eigenvalue weighted by atomic mass is 32.2. The van der Waals surface area contributed by atoms with Crippen molar-refractivity contribution in [1.29, 1.82) is 0 Å². The molecule has 1 aliphatic heterocycles. The maximum absolute atomic E-state index is 12.6. The van der Waals surface area contributed by atoms with Gasteiger partial charge in [-0.05, 0) is 49.9 Å². The van der Waals surface area contributed by atoms with E-state index in [0.717, 1.165) is 37.8 Å². The molecule has 132 valence electrons. The van der Waals surface area contributed by atoms with Crippen molar-refractivity contribution >= 4 is 22.6 Å². The Morgan fingerprint density at radius 2 is 1.83 bits per heavy atom. The minimum Gasteiger partial charge on any atom is -0.336 e. The highest BCUT2D eigenvalue weighted by Gasteiger charge is 2.34. The van der Waals surface area contributed by atoms with Gasteiger partial charge in [0.2, 0.25) is 0 Å². The number of carbonyl (C=O) groups is 1. The minimum atomic E-state index is -1.06. The molecular formula is C18H27N3O2S. The smallest absolute Gasteiger partial charge is 0.253 e. The molecule has 1 aromatic rings. The van der Waals surface area contributed by atoms with Gasteiger partial charge in [0, 0.05) is 49.2 Å². The average molecular weight is 350 g/mol. The van der Waals surface area contributed by atoms with E-state index in [0.29, 0.717) is 17.4 Å². The molecule has 2 unspecified atom stereocenters. The van der Waals surface area contributed by atoms with Gasteiger partial charge >= 0.3 is 0 Å². The SMILES string of the molecule is CCS(=O)Nc1ccc(C(=O)N2CCN(C(C)C3CC3)CC2)cc1. The molecule has 6 heteroatoms. The number of hydrogen-bond donors (Lipinski definition) is 1. The predicted octanol–water partition coefficient (Wildman–Crippen LogP) is 2.34. The number of hydrogen-bond acceptors (Lipinski definition) is 3. The van der Waals surface area contributed by atoms with Crippen LogP contribution in [0.15, 0.2) is 24.3 Å². The molecule has 1 saturated carbocycles. The standard InChI is InChI=1S/C18H27N3O2S/c1-3-24(23)19-17-8-6-16(7-9-17)18(22)21-12-10-20(11-13-21)14(2)15-4-5-15/h6-9,14-15,19H,3-5,10-13H2,1-2H3. The van der Waals surface area contributed by atoms with Gasteiger partial charge in [-0.15, -0.1) is 0 Å². The molecule has 0 bridgehead atoms. The topological polar surface area (TPSA) is 52.7 Å². The fourth-order valence-corrected chi connectivity index (χ4v) is 3.82. The molecule has 0 radical (unpaired) electrons. The van der Waals surface area contributed by atoms with Gasteiger partial charge in [0.05, 0.1) is 0 Å². The van der Waals surface area contributed by atoms with Gasteiger partial charge in [0.15, 0.2) is 0 Å². The third kappa shape index (κ3) is 4.16. The molecule has 1 amide bonds. The van der Waals surface area contributed by atoms with Crippen molar-refractivity contribution in [2.45, 2.75) is 32.7 Å². The molecule has 0 spiro atoms. The molecule has 1 heterocycles. The van der Waals surface area contributed by atoms with Crippen LogP contribution >= 0.6 is 0 Å². The molecule has 3 rings (SSSR count). The van der Waals surface area contributed by atoms with Crippen molar-refractivity contribution in [2.75, 3.05) is 36.7 Å². The van der Waals surface area contributed by atoms with E-state index in [-0.39, 0.29) is 5.91 Å². The summed E-state index contributed by atoms with van der Waals surface area (Å²) in [4.78, 5) is 17.1. The zero-order valence-corrected chi connectivity index (χ0v) is 15.3. The molecule has 2 fully saturated rings. The fourth-order valence-electron chi connectivity index (χ4n) is 3.28. The van der Waals surface area contributed by atoms with Crippen LogP contribution in [0.25, 0.3) is 0 Å². The summed E-state index contributed by atoms with van der Waals surface area (Å²) in [7, 11) is -1.06. The Balaban J connectivity index is 1.54. The molecule has 24 heavy (non-hydrogen) atoms. The number of piperazine rings is 1. The van der Waals surface area contributed by atoms with E-state index in [1.54, 1.807) is 0 Å². The van der Waals surface area contributed by atoms with Gasteiger partial charge in [0.1, 0.15) is 11.0 Å². The maximum atomic E-state index is 12.6. The van der Waals surface area contributed by atoms with E-state index in [2.05, 4.69) is 16.5 Å². The van der Waals surface area contributed by atoms with Crippen molar-refractivity contribution in [2.24, 2.45) is 5.92 Å². The van der Waals surface area contributed by atoms with E-state index in [1.807, 2.05) is 36.1 Å². The lowest BCUT2D eigenvalue weighted by molar-refractivity contribution is 0.0564. The van der Waals surface area contributed by atoms with Crippen LogP contribution in [0.3, 0.4) is 0 Å². The van der Waals surface area contributed by atoms with E-state index >= 15 is 0 Å². The summed E-state index contributed by atoms with van der Waals surface area (Å²) in [6.45, 7) is 7.73. The van der Waals surface area contributed by atoms with Crippen LogP contribution in [0.1, 0.15) is 37.0 Å². The first-order chi connectivity index (χ1) is 11.6. The highest BCUT2D eigenvalue weighted by Crippen LogP contribution is 2.35. The molecule has 1 aliphatic carbocycles. The Morgan fingerprint density at radius 1 is 1.21 bits per heavy atom. The summed E-state index contributed by atoms with van der Waals surface area (Å²) in [5, 5.41) is 0. The number of anilines is 1.